The number of benzene rings is 1. The first-order chi connectivity index (χ1) is 13.0. The molecule has 27 heavy (non-hydrogen) atoms. The summed E-state index contributed by atoms with van der Waals surface area (Å²) in [5.74, 6) is 0.971. The minimum absolute atomic E-state index is 0.207. The molecule has 5 nitrogen and oxygen atoms in total. The second kappa shape index (κ2) is 10.3. The van der Waals surface area contributed by atoms with Gasteiger partial charge in [-0.05, 0) is 31.4 Å². The number of allylic oxidation sites excluding steroid dienone is 1. The van der Waals surface area contributed by atoms with Crippen molar-refractivity contribution in [3.05, 3.63) is 70.2 Å². The van der Waals surface area contributed by atoms with Crippen LogP contribution in [0.1, 0.15) is 18.1 Å². The van der Waals surface area contributed by atoms with Crippen molar-refractivity contribution in [2.45, 2.75) is 26.4 Å². The summed E-state index contributed by atoms with van der Waals surface area (Å²) in [5.41, 5.74) is 11.5. The van der Waals surface area contributed by atoms with Crippen molar-refractivity contribution in [3.8, 4) is 0 Å². The molecule has 1 aliphatic rings. The second-order valence-electron chi connectivity index (χ2n) is 6.76. The quantitative estimate of drug-likeness (QED) is 0.495. The molecule has 6 heteroatoms. The Morgan fingerprint density at radius 2 is 2.04 bits per heavy atom. The lowest BCUT2D eigenvalue weighted by Gasteiger charge is -2.30. The van der Waals surface area contributed by atoms with Crippen molar-refractivity contribution in [2.75, 3.05) is 32.9 Å². The molecule has 1 heterocycles. The van der Waals surface area contributed by atoms with Crippen molar-refractivity contribution in [3.63, 3.8) is 0 Å². The van der Waals surface area contributed by atoms with Crippen LogP contribution in [0.5, 0.6) is 0 Å². The Labute approximate surface area is 168 Å². The number of likely N-dealkylation sites (N-methyl/N-ethyl adjacent to an activating group) is 2. The molecule has 1 aliphatic heterocycles. The average Bonchev–Trinajstić information content (AvgIpc) is 3.00. The summed E-state index contributed by atoms with van der Waals surface area (Å²) in [5, 5.41) is 10.2. The Balaban J connectivity index is 2.22. The molecule has 1 atom stereocenters. The number of aryl methyl sites for hydroxylation is 1. The number of hydrogen-bond acceptors (Lipinski definition) is 6. The molecule has 1 aromatic carbocycles. The second-order valence-corrected chi connectivity index (χ2v) is 8.10. The highest BCUT2D eigenvalue weighted by atomic mass is 32.2. The third-order valence-electron chi connectivity index (χ3n) is 4.68. The van der Waals surface area contributed by atoms with Crippen LogP contribution in [0.3, 0.4) is 0 Å². The van der Waals surface area contributed by atoms with E-state index in [4.69, 9.17) is 5.73 Å². The standard InChI is InChI=1S/C21H33N5S/c1-15-6-8-18(9-7-15)12-20-25-19(14-23-4)21(17(3)24-5)26(20)10-11-27-16(2)13-22/h6-9,13,20,23-25H,3,10-12,14,22H2,1-2,4-5H3/b16-13-. The molecule has 0 amide bonds. The van der Waals surface area contributed by atoms with Gasteiger partial charge in [0.2, 0.25) is 0 Å². The van der Waals surface area contributed by atoms with Gasteiger partial charge in [-0.25, -0.2) is 0 Å². The van der Waals surface area contributed by atoms with Gasteiger partial charge < -0.3 is 26.6 Å². The van der Waals surface area contributed by atoms with Gasteiger partial charge in [-0.3, -0.25) is 0 Å². The van der Waals surface area contributed by atoms with Crippen LogP contribution in [0.15, 0.2) is 59.0 Å². The number of hydrogen-bond donors (Lipinski definition) is 4. The molecule has 2 rings (SSSR count). The SMILES string of the molecule is C=C(NC)C1=C(CNC)NC(Cc2ccc(C)cc2)N1CCS/C(C)=C\N. The molecule has 0 aliphatic carbocycles. The van der Waals surface area contributed by atoms with Crippen LogP contribution in [-0.2, 0) is 6.42 Å². The van der Waals surface area contributed by atoms with E-state index >= 15 is 0 Å². The molecule has 5 N–H and O–H groups in total. The van der Waals surface area contributed by atoms with E-state index in [0.29, 0.717) is 0 Å². The zero-order valence-electron chi connectivity index (χ0n) is 16.9. The fraction of sp³-hybridized carbons (Fsp3) is 0.429. The number of rotatable bonds is 10. The smallest absolute Gasteiger partial charge is 0.103 e. The predicted molar refractivity (Wildman–Crippen MR) is 118 cm³/mol. The molecule has 1 aromatic rings. The zero-order chi connectivity index (χ0) is 19.8. The molecule has 0 bridgehead atoms. The lowest BCUT2D eigenvalue weighted by Crippen LogP contribution is -2.41. The lowest BCUT2D eigenvalue weighted by atomic mass is 10.1. The Hall–Kier alpha value is -2.05. The average molecular weight is 388 g/mol. The fourth-order valence-corrected chi connectivity index (χ4v) is 3.90. The van der Waals surface area contributed by atoms with E-state index in [-0.39, 0.29) is 6.17 Å². The molecule has 0 fully saturated rings. The fourth-order valence-electron chi connectivity index (χ4n) is 3.19. The molecule has 1 unspecified atom stereocenters. The summed E-state index contributed by atoms with van der Waals surface area (Å²) >= 11 is 1.79. The normalized spacial score (nSPS) is 17.3. The number of nitrogens with zero attached hydrogens (tertiary/aromatic N) is 1. The third kappa shape index (κ3) is 5.71. The summed E-state index contributed by atoms with van der Waals surface area (Å²) in [6.07, 6.45) is 2.82. The number of thioether (sulfide) groups is 1. The monoisotopic (exact) mass is 387 g/mol. The summed E-state index contributed by atoms with van der Waals surface area (Å²) < 4.78 is 0. The van der Waals surface area contributed by atoms with Crippen LogP contribution in [0.2, 0.25) is 0 Å². The van der Waals surface area contributed by atoms with E-state index in [1.165, 1.54) is 22.5 Å². The van der Waals surface area contributed by atoms with Gasteiger partial charge in [-0.2, -0.15) is 0 Å². The van der Waals surface area contributed by atoms with Crippen LogP contribution in [-0.4, -0.2) is 44.0 Å². The maximum absolute atomic E-state index is 5.62. The molecular formula is C21H33N5S. The highest BCUT2D eigenvalue weighted by Gasteiger charge is 2.31. The van der Waals surface area contributed by atoms with Crippen LogP contribution in [0.4, 0.5) is 0 Å². The van der Waals surface area contributed by atoms with E-state index in [2.05, 4.69) is 58.6 Å². The van der Waals surface area contributed by atoms with Crippen LogP contribution in [0, 0.1) is 6.92 Å². The van der Waals surface area contributed by atoms with E-state index in [1.54, 1.807) is 18.0 Å². The third-order valence-corrected chi connectivity index (χ3v) is 5.66. The zero-order valence-corrected chi connectivity index (χ0v) is 17.7. The van der Waals surface area contributed by atoms with Crippen molar-refractivity contribution >= 4 is 11.8 Å². The summed E-state index contributed by atoms with van der Waals surface area (Å²) in [4.78, 5) is 3.58. The van der Waals surface area contributed by atoms with Crippen LogP contribution in [0.25, 0.3) is 0 Å². The van der Waals surface area contributed by atoms with E-state index < -0.39 is 0 Å². The van der Waals surface area contributed by atoms with Gasteiger partial charge in [0.25, 0.3) is 0 Å². The van der Waals surface area contributed by atoms with Gasteiger partial charge in [0.1, 0.15) is 6.17 Å². The Kier molecular flexibility index (Phi) is 8.13. The van der Waals surface area contributed by atoms with Gasteiger partial charge in [-0.1, -0.05) is 36.4 Å². The maximum Gasteiger partial charge on any atom is 0.103 e. The van der Waals surface area contributed by atoms with Crippen LogP contribution < -0.4 is 21.7 Å². The predicted octanol–water partition coefficient (Wildman–Crippen LogP) is 2.49. The first kappa shape index (κ1) is 21.3. The van der Waals surface area contributed by atoms with E-state index in [9.17, 15) is 0 Å². The molecule has 0 saturated carbocycles. The number of nitrogens with two attached hydrogens (primary N) is 1. The van der Waals surface area contributed by atoms with Gasteiger partial charge >= 0.3 is 0 Å². The molecule has 0 spiro atoms. The topological polar surface area (TPSA) is 65.3 Å². The largest absolute Gasteiger partial charge is 0.404 e. The summed E-state index contributed by atoms with van der Waals surface area (Å²) in [7, 11) is 3.89. The van der Waals surface area contributed by atoms with Crippen LogP contribution >= 0.6 is 11.8 Å². The highest BCUT2D eigenvalue weighted by molar-refractivity contribution is 8.03. The van der Waals surface area contributed by atoms with E-state index in [0.717, 1.165) is 35.9 Å². The summed E-state index contributed by atoms with van der Waals surface area (Å²) in [6, 6.07) is 8.78. The van der Waals surface area contributed by atoms with Crippen molar-refractivity contribution < 1.29 is 0 Å². The molecule has 0 aromatic heterocycles. The molecule has 0 saturated heterocycles. The Morgan fingerprint density at radius 3 is 2.63 bits per heavy atom. The van der Waals surface area contributed by atoms with Crippen molar-refractivity contribution in [2.24, 2.45) is 5.73 Å². The highest BCUT2D eigenvalue weighted by Crippen LogP contribution is 2.27. The molecule has 0 radical (unpaired) electrons. The maximum atomic E-state index is 5.62. The summed E-state index contributed by atoms with van der Waals surface area (Å²) in [6.45, 7) is 10.1. The first-order valence-electron chi connectivity index (χ1n) is 9.35. The van der Waals surface area contributed by atoms with Gasteiger partial charge in [0, 0.05) is 38.5 Å². The molecular weight excluding hydrogens is 354 g/mol. The van der Waals surface area contributed by atoms with E-state index in [1.807, 2.05) is 21.0 Å². The van der Waals surface area contributed by atoms with Gasteiger partial charge in [0.05, 0.1) is 17.1 Å². The first-order valence-corrected chi connectivity index (χ1v) is 10.3. The number of nitrogens with one attached hydrogen (secondary N) is 3. The van der Waals surface area contributed by atoms with Gasteiger partial charge in [-0.15, -0.1) is 11.8 Å². The van der Waals surface area contributed by atoms with Gasteiger partial charge in [0.15, 0.2) is 0 Å². The van der Waals surface area contributed by atoms with Crippen molar-refractivity contribution in [1.82, 2.24) is 20.9 Å². The molecule has 148 valence electrons. The minimum Gasteiger partial charge on any atom is -0.404 e. The van der Waals surface area contributed by atoms with Crippen molar-refractivity contribution in [1.29, 1.82) is 0 Å². The lowest BCUT2D eigenvalue weighted by molar-refractivity contribution is 0.273. The minimum atomic E-state index is 0.207. The Bertz CT molecular complexity index is 693. The Morgan fingerprint density at radius 1 is 1.33 bits per heavy atom.